The van der Waals surface area contributed by atoms with Gasteiger partial charge in [0, 0.05) is 95.9 Å². The van der Waals surface area contributed by atoms with Gasteiger partial charge in [-0.25, -0.2) is 0 Å². The molecule has 53 heavy (non-hydrogen) atoms. The summed E-state index contributed by atoms with van der Waals surface area (Å²) in [5.41, 5.74) is 3.77. The van der Waals surface area contributed by atoms with Crippen molar-refractivity contribution >= 4 is 25.6 Å². The second-order valence-electron chi connectivity index (χ2n) is 13.2. The maximum absolute atomic E-state index is 13.3. The van der Waals surface area contributed by atoms with E-state index < -0.39 is 14.7 Å². The summed E-state index contributed by atoms with van der Waals surface area (Å²) in [4.78, 5) is 9.49. The molecule has 0 radical (unpaired) electrons. The highest BCUT2D eigenvalue weighted by atomic mass is 31.2. The van der Waals surface area contributed by atoms with Crippen LogP contribution in [0.3, 0.4) is 0 Å². The fourth-order valence-corrected chi connectivity index (χ4v) is 9.00. The molecule has 6 atom stereocenters. The Morgan fingerprint density at radius 1 is 0.736 bits per heavy atom. The topological polar surface area (TPSA) is 132 Å². The molecule has 4 aliphatic rings. The third-order valence-electron chi connectivity index (χ3n) is 8.92. The van der Waals surface area contributed by atoms with Crippen LogP contribution in [0, 0.1) is 41.4 Å². The van der Waals surface area contributed by atoms with E-state index in [9.17, 15) is 9.13 Å². The number of aliphatic imine (C=N–C) groups is 2. The summed E-state index contributed by atoms with van der Waals surface area (Å²) < 4.78 is 48.5. The molecule has 0 fully saturated rings. The smallest absolute Gasteiger partial charge is 0.242 e. The molecule has 13 heteroatoms. The van der Waals surface area contributed by atoms with Gasteiger partial charge in [-0.05, 0) is 57.1 Å². The minimum atomic E-state index is -3.01. The van der Waals surface area contributed by atoms with Crippen LogP contribution in [0.5, 0.6) is 0 Å². The van der Waals surface area contributed by atoms with E-state index >= 15 is 0 Å². The summed E-state index contributed by atoms with van der Waals surface area (Å²) in [6.07, 6.45) is 19.0. The zero-order valence-corrected chi connectivity index (χ0v) is 33.9. The fraction of sp³-hybridized carbons (Fsp3) is 0.550. The van der Waals surface area contributed by atoms with Crippen LogP contribution < -0.4 is 16.0 Å². The Morgan fingerprint density at radius 3 is 1.79 bits per heavy atom. The second kappa shape index (κ2) is 21.7. The Kier molecular flexibility index (Phi) is 17.5. The van der Waals surface area contributed by atoms with Crippen LogP contribution >= 0.6 is 14.7 Å². The Labute approximate surface area is 316 Å². The molecule has 0 bridgehead atoms. The number of nitrogens with one attached hydrogen (secondary N) is 3. The number of hydrogen-bond donors (Lipinski definition) is 3. The second-order valence-corrected chi connectivity index (χ2v) is 18.2. The molecule has 6 unspecified atom stereocenters. The maximum Gasteiger partial charge on any atom is 0.242 e. The van der Waals surface area contributed by atoms with E-state index in [-0.39, 0.29) is 23.9 Å². The largest absolute Gasteiger partial charge is 0.497 e. The first kappa shape index (κ1) is 42.7. The van der Waals surface area contributed by atoms with E-state index in [1.165, 1.54) is 0 Å². The molecule has 0 aromatic heterocycles. The van der Waals surface area contributed by atoms with Crippen molar-refractivity contribution in [1.29, 1.82) is 0 Å². The van der Waals surface area contributed by atoms with Crippen LogP contribution in [0.4, 0.5) is 0 Å². The quantitative estimate of drug-likeness (QED) is 0.0841. The molecule has 4 rings (SSSR count). The van der Waals surface area contributed by atoms with Gasteiger partial charge < -0.3 is 34.5 Å². The van der Waals surface area contributed by atoms with Crippen LogP contribution in [0.25, 0.3) is 0 Å². The average molecular weight is 766 g/mol. The van der Waals surface area contributed by atoms with Crippen molar-refractivity contribution in [2.75, 3.05) is 80.0 Å². The fourth-order valence-electron chi connectivity index (χ4n) is 6.04. The highest BCUT2D eigenvalue weighted by Crippen LogP contribution is 2.49. The number of allylic oxidation sites excluding steroid dienone is 7. The van der Waals surface area contributed by atoms with Crippen molar-refractivity contribution in [2.45, 2.75) is 45.6 Å². The summed E-state index contributed by atoms with van der Waals surface area (Å²) in [7, 11) is -2.65. The molecule has 11 nitrogen and oxygen atoms in total. The Morgan fingerprint density at radius 2 is 1.30 bits per heavy atom. The number of methoxy groups -OCH3 is 2. The van der Waals surface area contributed by atoms with Crippen LogP contribution in [0.2, 0.25) is 0 Å². The van der Waals surface area contributed by atoms with E-state index in [2.05, 4.69) is 63.9 Å². The molecule has 0 aromatic carbocycles. The highest BCUT2D eigenvalue weighted by Gasteiger charge is 2.30. The van der Waals surface area contributed by atoms with Crippen LogP contribution in [0.1, 0.15) is 39.5 Å². The van der Waals surface area contributed by atoms with Crippen LogP contribution in [0.15, 0.2) is 81.3 Å². The van der Waals surface area contributed by atoms with Gasteiger partial charge in [-0.3, -0.25) is 19.1 Å². The summed E-state index contributed by atoms with van der Waals surface area (Å²) >= 11 is 0. The summed E-state index contributed by atoms with van der Waals surface area (Å²) in [5.74, 6) is 14.2. The SMILES string of the molecule is CCOP(C)(=O)C1=NC(CNCCNCCNCC2=CC(C#CC3C=CC(OC)=CC3)CC(P(C)(=O)OCC)=N2)=CC(C#CC2=CCC(OC)C=C2)C1. The molecule has 3 N–H and O–H groups in total. The number of hydrogen-bond acceptors (Lipinski definition) is 11. The first-order chi connectivity index (χ1) is 25.5. The predicted molar refractivity (Wildman–Crippen MR) is 217 cm³/mol. The van der Waals surface area contributed by atoms with Gasteiger partial charge in [0.2, 0.25) is 14.7 Å². The lowest BCUT2D eigenvalue weighted by atomic mass is 9.97. The Bertz CT molecular complexity index is 1750. The van der Waals surface area contributed by atoms with Crippen molar-refractivity contribution in [3.8, 4) is 23.7 Å². The van der Waals surface area contributed by atoms with E-state index in [1.54, 1.807) is 27.5 Å². The van der Waals surface area contributed by atoms with E-state index in [0.29, 0.717) is 50.1 Å². The minimum absolute atomic E-state index is 0.0838. The number of nitrogens with zero attached hydrogens (tertiary/aromatic N) is 2. The predicted octanol–water partition coefficient (Wildman–Crippen LogP) is 6.26. The lowest BCUT2D eigenvalue weighted by Gasteiger charge is -2.22. The third kappa shape index (κ3) is 14.3. The lowest BCUT2D eigenvalue weighted by Crippen LogP contribution is -2.34. The number of rotatable bonds is 18. The zero-order valence-electron chi connectivity index (χ0n) is 32.2. The molecular formula is C40H57N5O6P2. The van der Waals surface area contributed by atoms with Crippen molar-refractivity contribution in [3.05, 3.63) is 71.3 Å². The monoisotopic (exact) mass is 765 g/mol. The Hall–Kier alpha value is -3.08. The summed E-state index contributed by atoms with van der Waals surface area (Å²) in [5, 5.41) is 10.4. The molecule has 288 valence electrons. The van der Waals surface area contributed by atoms with Crippen molar-refractivity contribution in [1.82, 2.24) is 16.0 Å². The molecular weight excluding hydrogens is 708 g/mol. The molecule has 2 aliphatic heterocycles. The van der Waals surface area contributed by atoms with Crippen molar-refractivity contribution in [2.24, 2.45) is 27.7 Å². The van der Waals surface area contributed by atoms with Crippen molar-refractivity contribution in [3.63, 3.8) is 0 Å². The van der Waals surface area contributed by atoms with Gasteiger partial charge in [0.1, 0.15) is 16.7 Å². The van der Waals surface area contributed by atoms with Gasteiger partial charge in [-0.15, -0.1) is 0 Å². The van der Waals surface area contributed by atoms with Gasteiger partial charge >= 0.3 is 0 Å². The molecule has 0 saturated heterocycles. The first-order valence-electron chi connectivity index (χ1n) is 18.5. The Balaban J connectivity index is 1.24. The first-order valence-corrected chi connectivity index (χ1v) is 22.7. The standard InChI is InChI=1S/C40H57N5O6P2/c1-7-50-52(5,46)39-27-33(11-9-31-13-17-37(48-3)18-14-31)25-35(44-39)29-42-23-21-41-22-24-43-30-36-26-34(28-40(45-36)53(6,47)51-8-2)12-10-32-15-19-38(49-4)20-16-32/h13-15,17,19-20,25-26,32-34,37,41-43H,7-8,16,18,21-24,27-30H2,1-6H3. The molecule has 0 amide bonds. The molecule has 0 saturated carbocycles. The normalized spacial score (nSPS) is 24.7. The van der Waals surface area contributed by atoms with E-state index in [1.807, 2.05) is 38.2 Å². The lowest BCUT2D eigenvalue weighted by molar-refractivity contribution is 0.142. The summed E-state index contributed by atoms with van der Waals surface area (Å²) in [6.45, 7) is 11.8. The molecule has 2 heterocycles. The van der Waals surface area contributed by atoms with Gasteiger partial charge in [0.05, 0.1) is 37.8 Å². The maximum atomic E-state index is 13.3. The zero-order chi connectivity index (χ0) is 38.1. The van der Waals surface area contributed by atoms with Crippen LogP contribution in [-0.2, 0) is 27.7 Å². The highest BCUT2D eigenvalue weighted by molar-refractivity contribution is 7.76. The van der Waals surface area contributed by atoms with Crippen LogP contribution in [-0.4, -0.2) is 97.0 Å². The van der Waals surface area contributed by atoms with Gasteiger partial charge in [0.25, 0.3) is 0 Å². The van der Waals surface area contributed by atoms with E-state index in [0.717, 1.165) is 61.7 Å². The molecule has 0 spiro atoms. The number of ether oxygens (including phenoxy) is 2. The molecule has 2 aliphatic carbocycles. The van der Waals surface area contributed by atoms with Gasteiger partial charge in [-0.2, -0.15) is 0 Å². The van der Waals surface area contributed by atoms with Gasteiger partial charge in [-0.1, -0.05) is 41.9 Å². The third-order valence-corrected chi connectivity index (χ3v) is 12.9. The molecule has 0 aromatic rings. The van der Waals surface area contributed by atoms with E-state index in [4.69, 9.17) is 28.5 Å². The average Bonchev–Trinajstić information content (AvgIpc) is 3.16. The summed E-state index contributed by atoms with van der Waals surface area (Å²) in [6, 6.07) is 0. The minimum Gasteiger partial charge on any atom is -0.497 e. The van der Waals surface area contributed by atoms with Crippen molar-refractivity contribution < 1.29 is 27.7 Å². The van der Waals surface area contributed by atoms with Gasteiger partial charge in [0.15, 0.2) is 0 Å².